The maximum Gasteiger partial charge on any atom is 0.250 e. The van der Waals surface area contributed by atoms with Gasteiger partial charge in [0.25, 0.3) is 0 Å². The Bertz CT molecular complexity index is 428. The minimum atomic E-state index is 0.461. The zero-order valence-electron chi connectivity index (χ0n) is 10.7. The van der Waals surface area contributed by atoms with Gasteiger partial charge in [0.15, 0.2) is 5.82 Å². The lowest BCUT2D eigenvalue weighted by atomic mass is 9.90. The Kier molecular flexibility index (Phi) is 3.18. The summed E-state index contributed by atoms with van der Waals surface area (Å²) >= 11 is 0. The van der Waals surface area contributed by atoms with E-state index in [1.54, 1.807) is 6.08 Å². The number of rotatable bonds is 3. The summed E-state index contributed by atoms with van der Waals surface area (Å²) in [7, 11) is 2.24. The van der Waals surface area contributed by atoms with E-state index in [0.29, 0.717) is 30.4 Å². The van der Waals surface area contributed by atoms with Crippen LogP contribution in [-0.2, 0) is 0 Å². The van der Waals surface area contributed by atoms with E-state index >= 15 is 0 Å². The molecule has 3 heterocycles. The van der Waals surface area contributed by atoms with Crippen molar-refractivity contribution >= 4 is 6.08 Å². The topological polar surface area (TPSA) is 68.2 Å². The maximum absolute atomic E-state index is 5.40. The standard InChI is InChI=1S/C13H20N4O/c1-17-10-4-5-11(17)8-9(7-10)13-15-12(18-16-13)3-2-6-14/h2-3,9-11H,4-8,14H2,1H3/b3-2+. The molecule has 3 rings (SSSR count). The second-order valence-electron chi connectivity index (χ2n) is 5.35. The first-order valence-electron chi connectivity index (χ1n) is 6.70. The predicted molar refractivity (Wildman–Crippen MR) is 68.9 cm³/mol. The second kappa shape index (κ2) is 4.82. The predicted octanol–water partition coefficient (Wildman–Crippen LogP) is 1.38. The van der Waals surface area contributed by atoms with Gasteiger partial charge in [0.2, 0.25) is 5.89 Å². The van der Waals surface area contributed by atoms with E-state index in [0.717, 1.165) is 18.7 Å². The third-order valence-electron chi connectivity index (χ3n) is 4.32. The average Bonchev–Trinajstić information content (AvgIpc) is 2.90. The molecule has 2 N–H and O–H groups in total. The summed E-state index contributed by atoms with van der Waals surface area (Å²) in [5.41, 5.74) is 5.40. The molecule has 2 saturated heterocycles. The van der Waals surface area contributed by atoms with Crippen molar-refractivity contribution in [2.45, 2.75) is 43.7 Å². The molecule has 5 heteroatoms. The molecule has 2 aliphatic rings. The minimum Gasteiger partial charge on any atom is -0.335 e. The smallest absolute Gasteiger partial charge is 0.250 e. The Balaban J connectivity index is 1.72. The molecule has 0 aliphatic carbocycles. The fraction of sp³-hybridized carbons (Fsp3) is 0.692. The summed E-state index contributed by atoms with van der Waals surface area (Å²) in [5.74, 6) is 1.90. The normalized spacial score (nSPS) is 32.4. The molecular weight excluding hydrogens is 228 g/mol. The van der Waals surface area contributed by atoms with E-state index in [9.17, 15) is 0 Å². The third kappa shape index (κ3) is 2.08. The summed E-state index contributed by atoms with van der Waals surface area (Å²) in [6, 6.07) is 1.41. The van der Waals surface area contributed by atoms with Crippen LogP contribution in [0.5, 0.6) is 0 Å². The van der Waals surface area contributed by atoms with Gasteiger partial charge in [-0.15, -0.1) is 0 Å². The van der Waals surface area contributed by atoms with Crippen molar-refractivity contribution in [1.82, 2.24) is 15.0 Å². The molecule has 2 unspecified atom stereocenters. The van der Waals surface area contributed by atoms with Crippen LogP contribution in [0.4, 0.5) is 0 Å². The van der Waals surface area contributed by atoms with Gasteiger partial charge in [0.05, 0.1) is 0 Å². The fourth-order valence-corrected chi connectivity index (χ4v) is 3.27. The quantitative estimate of drug-likeness (QED) is 0.875. The van der Waals surface area contributed by atoms with E-state index in [2.05, 4.69) is 22.1 Å². The highest BCUT2D eigenvalue weighted by Gasteiger charge is 2.40. The molecule has 0 saturated carbocycles. The van der Waals surface area contributed by atoms with Crippen molar-refractivity contribution in [3.8, 4) is 0 Å². The van der Waals surface area contributed by atoms with Gasteiger partial charge in [-0.1, -0.05) is 11.2 Å². The largest absolute Gasteiger partial charge is 0.335 e. The van der Waals surface area contributed by atoms with Gasteiger partial charge in [-0.05, 0) is 32.7 Å². The van der Waals surface area contributed by atoms with Crippen LogP contribution in [0.15, 0.2) is 10.6 Å². The molecule has 5 nitrogen and oxygen atoms in total. The van der Waals surface area contributed by atoms with Crippen molar-refractivity contribution in [3.05, 3.63) is 17.8 Å². The Hall–Kier alpha value is -1.20. The van der Waals surface area contributed by atoms with Crippen LogP contribution in [0.25, 0.3) is 6.08 Å². The van der Waals surface area contributed by atoms with Crippen LogP contribution in [0.2, 0.25) is 0 Å². The first kappa shape index (κ1) is 11.9. The summed E-state index contributed by atoms with van der Waals surface area (Å²) < 4.78 is 5.22. The molecule has 98 valence electrons. The molecule has 2 aliphatic heterocycles. The van der Waals surface area contributed by atoms with Crippen LogP contribution in [0.3, 0.4) is 0 Å². The molecule has 0 radical (unpaired) electrons. The van der Waals surface area contributed by atoms with Gasteiger partial charge in [0.1, 0.15) is 0 Å². The van der Waals surface area contributed by atoms with Gasteiger partial charge in [-0.25, -0.2) is 0 Å². The molecule has 2 bridgehead atoms. The van der Waals surface area contributed by atoms with E-state index < -0.39 is 0 Å². The van der Waals surface area contributed by atoms with Gasteiger partial charge in [0, 0.05) is 30.6 Å². The van der Waals surface area contributed by atoms with E-state index in [1.165, 1.54) is 12.8 Å². The number of nitrogens with two attached hydrogens (primary N) is 1. The molecule has 0 aromatic carbocycles. The molecule has 18 heavy (non-hydrogen) atoms. The summed E-state index contributed by atoms with van der Waals surface area (Å²) in [6.07, 6.45) is 8.57. The minimum absolute atomic E-state index is 0.461. The van der Waals surface area contributed by atoms with Gasteiger partial charge in [-0.3, -0.25) is 0 Å². The fourth-order valence-electron chi connectivity index (χ4n) is 3.27. The molecule has 1 aromatic heterocycles. The van der Waals surface area contributed by atoms with Gasteiger partial charge >= 0.3 is 0 Å². The summed E-state index contributed by atoms with van der Waals surface area (Å²) in [5, 5.41) is 4.12. The van der Waals surface area contributed by atoms with Gasteiger partial charge in [-0.2, -0.15) is 4.98 Å². The molecular formula is C13H20N4O. The monoisotopic (exact) mass is 248 g/mol. The third-order valence-corrected chi connectivity index (χ3v) is 4.32. The number of hydrogen-bond acceptors (Lipinski definition) is 5. The van der Waals surface area contributed by atoms with Crippen LogP contribution in [0.1, 0.15) is 43.3 Å². The highest BCUT2D eigenvalue weighted by molar-refractivity contribution is 5.37. The molecule has 1 aromatic rings. The zero-order chi connectivity index (χ0) is 12.5. The van der Waals surface area contributed by atoms with Crippen molar-refractivity contribution < 1.29 is 4.52 Å². The number of aromatic nitrogens is 2. The Morgan fingerprint density at radius 1 is 1.39 bits per heavy atom. The van der Waals surface area contributed by atoms with E-state index in [1.807, 2.05) is 6.08 Å². The molecule has 0 spiro atoms. The number of hydrogen-bond donors (Lipinski definition) is 1. The SMILES string of the molecule is CN1C2CCC1CC(c1noc(/C=C/CN)n1)C2. The Labute approximate surface area is 107 Å². The molecule has 0 amide bonds. The van der Waals surface area contributed by atoms with Gasteiger partial charge < -0.3 is 15.2 Å². The number of nitrogens with zero attached hydrogens (tertiary/aromatic N) is 3. The lowest BCUT2D eigenvalue weighted by Crippen LogP contribution is -2.39. The van der Waals surface area contributed by atoms with Crippen molar-refractivity contribution in [1.29, 1.82) is 0 Å². The zero-order valence-corrected chi connectivity index (χ0v) is 10.7. The van der Waals surface area contributed by atoms with Crippen LogP contribution >= 0.6 is 0 Å². The average molecular weight is 248 g/mol. The van der Waals surface area contributed by atoms with Crippen LogP contribution in [0, 0.1) is 0 Å². The second-order valence-corrected chi connectivity index (χ2v) is 5.35. The Morgan fingerprint density at radius 2 is 2.11 bits per heavy atom. The molecule has 2 fully saturated rings. The molecule has 2 atom stereocenters. The van der Waals surface area contributed by atoms with Crippen molar-refractivity contribution in [2.75, 3.05) is 13.6 Å². The van der Waals surface area contributed by atoms with Crippen molar-refractivity contribution in [2.24, 2.45) is 5.73 Å². The first-order valence-corrected chi connectivity index (χ1v) is 6.70. The van der Waals surface area contributed by atoms with Crippen molar-refractivity contribution in [3.63, 3.8) is 0 Å². The van der Waals surface area contributed by atoms with Crippen LogP contribution in [-0.4, -0.2) is 40.7 Å². The van der Waals surface area contributed by atoms with E-state index in [-0.39, 0.29) is 0 Å². The summed E-state index contributed by atoms with van der Waals surface area (Å²) in [4.78, 5) is 6.97. The van der Waals surface area contributed by atoms with Crippen LogP contribution < -0.4 is 5.73 Å². The highest BCUT2D eigenvalue weighted by Crippen LogP contribution is 2.41. The lowest BCUT2D eigenvalue weighted by Gasteiger charge is -2.34. The van der Waals surface area contributed by atoms with E-state index in [4.69, 9.17) is 10.3 Å². The number of piperidine rings is 1. The maximum atomic E-state index is 5.40. The summed E-state index contributed by atoms with van der Waals surface area (Å²) in [6.45, 7) is 0.496. The first-order chi connectivity index (χ1) is 8.78. The number of fused-ring (bicyclic) bond motifs is 2. The Morgan fingerprint density at radius 3 is 2.78 bits per heavy atom. The lowest BCUT2D eigenvalue weighted by molar-refractivity contribution is 0.157. The highest BCUT2D eigenvalue weighted by atomic mass is 16.5.